The standard InChI is InChI=1S/C19H22N4O3/c1-14-12-18(23-19(22-14)21-13-17-4-3-10-25-17)20-9-11-26-16-7-5-15(24-2)6-8-16/h3-8,10,12H,9,11,13H2,1-2H3,(H2,20,21,22,23). The third kappa shape index (κ3) is 5.14. The maximum absolute atomic E-state index is 5.69. The fourth-order valence-electron chi connectivity index (χ4n) is 2.34. The minimum absolute atomic E-state index is 0.518. The molecule has 0 aliphatic heterocycles. The van der Waals surface area contributed by atoms with Crippen LogP contribution in [0.25, 0.3) is 0 Å². The monoisotopic (exact) mass is 354 g/mol. The second-order valence-corrected chi connectivity index (χ2v) is 5.60. The van der Waals surface area contributed by atoms with E-state index in [-0.39, 0.29) is 0 Å². The Labute approximate surface area is 152 Å². The number of hydrogen-bond acceptors (Lipinski definition) is 7. The first kappa shape index (κ1) is 17.6. The van der Waals surface area contributed by atoms with Crippen LogP contribution in [-0.4, -0.2) is 30.2 Å². The van der Waals surface area contributed by atoms with Crippen molar-refractivity contribution in [3.05, 3.63) is 60.2 Å². The molecule has 0 bridgehead atoms. The van der Waals surface area contributed by atoms with Crippen LogP contribution in [0.4, 0.5) is 11.8 Å². The van der Waals surface area contributed by atoms with Gasteiger partial charge in [-0.05, 0) is 43.3 Å². The van der Waals surface area contributed by atoms with Gasteiger partial charge in [-0.2, -0.15) is 4.98 Å². The summed E-state index contributed by atoms with van der Waals surface area (Å²) in [6, 6.07) is 13.1. The molecule has 0 saturated carbocycles. The summed E-state index contributed by atoms with van der Waals surface area (Å²) in [6.45, 7) is 3.61. The van der Waals surface area contributed by atoms with Gasteiger partial charge in [-0.15, -0.1) is 0 Å². The highest BCUT2D eigenvalue weighted by molar-refractivity contribution is 5.42. The topological polar surface area (TPSA) is 81.4 Å². The van der Waals surface area contributed by atoms with Gasteiger partial charge >= 0.3 is 0 Å². The first-order valence-electron chi connectivity index (χ1n) is 8.35. The lowest BCUT2D eigenvalue weighted by Crippen LogP contribution is -2.13. The molecule has 0 aliphatic rings. The lowest BCUT2D eigenvalue weighted by atomic mass is 10.3. The van der Waals surface area contributed by atoms with Crippen LogP contribution in [0.15, 0.2) is 53.1 Å². The Morgan fingerprint density at radius 1 is 1.04 bits per heavy atom. The molecule has 3 aromatic rings. The van der Waals surface area contributed by atoms with E-state index in [2.05, 4.69) is 20.6 Å². The maximum Gasteiger partial charge on any atom is 0.225 e. The molecule has 2 N–H and O–H groups in total. The zero-order chi connectivity index (χ0) is 18.2. The molecule has 0 unspecified atom stereocenters. The highest BCUT2D eigenvalue weighted by Gasteiger charge is 2.03. The van der Waals surface area contributed by atoms with Gasteiger partial charge in [0.15, 0.2) is 0 Å². The van der Waals surface area contributed by atoms with E-state index in [9.17, 15) is 0 Å². The van der Waals surface area contributed by atoms with Crippen molar-refractivity contribution < 1.29 is 13.9 Å². The maximum atomic E-state index is 5.69. The fraction of sp³-hybridized carbons (Fsp3) is 0.263. The second kappa shape index (κ2) is 8.75. The Balaban J connectivity index is 1.47. The zero-order valence-corrected chi connectivity index (χ0v) is 14.9. The number of benzene rings is 1. The summed E-state index contributed by atoms with van der Waals surface area (Å²) >= 11 is 0. The van der Waals surface area contributed by atoms with Crippen molar-refractivity contribution in [3.8, 4) is 11.5 Å². The average molecular weight is 354 g/mol. The summed E-state index contributed by atoms with van der Waals surface area (Å²) in [6.07, 6.45) is 1.64. The summed E-state index contributed by atoms with van der Waals surface area (Å²) in [4.78, 5) is 8.83. The van der Waals surface area contributed by atoms with Gasteiger partial charge in [0.05, 0.1) is 26.5 Å². The summed E-state index contributed by atoms with van der Waals surface area (Å²) < 4.78 is 16.1. The molecule has 2 aromatic heterocycles. The van der Waals surface area contributed by atoms with Crippen molar-refractivity contribution in [1.29, 1.82) is 0 Å². The van der Waals surface area contributed by atoms with E-state index in [1.165, 1.54) is 0 Å². The van der Waals surface area contributed by atoms with Crippen molar-refractivity contribution in [2.75, 3.05) is 30.9 Å². The molecule has 7 heteroatoms. The van der Waals surface area contributed by atoms with Gasteiger partial charge < -0.3 is 24.5 Å². The van der Waals surface area contributed by atoms with Crippen LogP contribution in [0.5, 0.6) is 11.5 Å². The van der Waals surface area contributed by atoms with E-state index in [1.54, 1.807) is 13.4 Å². The van der Waals surface area contributed by atoms with Gasteiger partial charge in [0, 0.05) is 11.8 Å². The molecular formula is C19H22N4O3. The molecule has 1 aromatic carbocycles. The second-order valence-electron chi connectivity index (χ2n) is 5.60. The molecule has 0 atom stereocenters. The number of ether oxygens (including phenoxy) is 2. The van der Waals surface area contributed by atoms with Gasteiger partial charge in [0.2, 0.25) is 5.95 Å². The van der Waals surface area contributed by atoms with Crippen molar-refractivity contribution >= 4 is 11.8 Å². The predicted molar refractivity (Wildman–Crippen MR) is 99.8 cm³/mol. The number of aryl methyl sites for hydroxylation is 1. The van der Waals surface area contributed by atoms with Crippen LogP contribution >= 0.6 is 0 Å². The van der Waals surface area contributed by atoms with E-state index in [1.807, 2.05) is 49.4 Å². The SMILES string of the molecule is COc1ccc(OCCNc2cc(C)nc(NCc3ccco3)n2)cc1. The van der Waals surface area contributed by atoms with Gasteiger partial charge in [0.25, 0.3) is 0 Å². The van der Waals surface area contributed by atoms with Gasteiger partial charge in [-0.3, -0.25) is 0 Å². The Morgan fingerprint density at radius 3 is 2.58 bits per heavy atom. The van der Waals surface area contributed by atoms with E-state index in [4.69, 9.17) is 13.9 Å². The molecule has 0 spiro atoms. The number of hydrogen-bond donors (Lipinski definition) is 2. The molecule has 2 heterocycles. The summed E-state index contributed by atoms with van der Waals surface area (Å²) in [5.74, 6) is 3.74. The highest BCUT2D eigenvalue weighted by atomic mass is 16.5. The number of aromatic nitrogens is 2. The Bertz CT molecular complexity index is 804. The van der Waals surface area contributed by atoms with Crippen LogP contribution in [0.3, 0.4) is 0 Å². The molecule has 7 nitrogen and oxygen atoms in total. The first-order chi connectivity index (χ1) is 12.7. The van der Waals surface area contributed by atoms with E-state index in [0.717, 1.165) is 28.8 Å². The third-order valence-corrected chi connectivity index (χ3v) is 3.59. The largest absolute Gasteiger partial charge is 0.497 e. The molecule has 0 saturated heterocycles. The fourth-order valence-corrected chi connectivity index (χ4v) is 2.34. The quantitative estimate of drug-likeness (QED) is 0.569. The van der Waals surface area contributed by atoms with E-state index in [0.29, 0.717) is 25.6 Å². The predicted octanol–water partition coefficient (Wildman–Crippen LogP) is 3.49. The van der Waals surface area contributed by atoms with Crippen molar-refractivity contribution in [2.24, 2.45) is 0 Å². The molecule has 0 radical (unpaired) electrons. The number of nitrogens with zero attached hydrogens (tertiary/aromatic N) is 2. The van der Waals surface area contributed by atoms with Crippen LogP contribution in [-0.2, 0) is 6.54 Å². The number of anilines is 2. The summed E-state index contributed by atoms with van der Waals surface area (Å²) in [5, 5.41) is 6.40. The van der Waals surface area contributed by atoms with E-state index < -0.39 is 0 Å². The Hall–Kier alpha value is -3.22. The average Bonchev–Trinajstić information content (AvgIpc) is 3.17. The zero-order valence-electron chi connectivity index (χ0n) is 14.9. The van der Waals surface area contributed by atoms with Crippen LogP contribution in [0.1, 0.15) is 11.5 Å². The van der Waals surface area contributed by atoms with Crippen molar-refractivity contribution in [3.63, 3.8) is 0 Å². The lowest BCUT2D eigenvalue weighted by Gasteiger charge is -2.10. The van der Waals surface area contributed by atoms with Crippen LogP contribution in [0.2, 0.25) is 0 Å². The first-order valence-corrected chi connectivity index (χ1v) is 8.35. The molecule has 0 aliphatic carbocycles. The molecule has 136 valence electrons. The minimum Gasteiger partial charge on any atom is -0.497 e. The molecule has 26 heavy (non-hydrogen) atoms. The van der Waals surface area contributed by atoms with Crippen molar-refractivity contribution in [2.45, 2.75) is 13.5 Å². The molecule has 0 amide bonds. The third-order valence-electron chi connectivity index (χ3n) is 3.59. The van der Waals surface area contributed by atoms with Crippen molar-refractivity contribution in [1.82, 2.24) is 9.97 Å². The molecular weight excluding hydrogens is 332 g/mol. The van der Waals surface area contributed by atoms with Crippen LogP contribution < -0.4 is 20.1 Å². The highest BCUT2D eigenvalue weighted by Crippen LogP contribution is 2.17. The number of methoxy groups -OCH3 is 1. The smallest absolute Gasteiger partial charge is 0.225 e. The number of furan rings is 1. The minimum atomic E-state index is 0.518. The Kier molecular flexibility index (Phi) is 5.92. The molecule has 3 rings (SSSR count). The lowest BCUT2D eigenvalue weighted by molar-refractivity contribution is 0.331. The summed E-state index contributed by atoms with van der Waals surface area (Å²) in [7, 11) is 1.64. The van der Waals surface area contributed by atoms with Gasteiger partial charge in [0.1, 0.15) is 29.7 Å². The number of rotatable bonds is 9. The number of nitrogens with one attached hydrogen (secondary N) is 2. The van der Waals surface area contributed by atoms with Crippen LogP contribution in [0, 0.1) is 6.92 Å². The Morgan fingerprint density at radius 2 is 1.85 bits per heavy atom. The van der Waals surface area contributed by atoms with E-state index >= 15 is 0 Å². The van der Waals surface area contributed by atoms with Gasteiger partial charge in [-0.1, -0.05) is 0 Å². The van der Waals surface area contributed by atoms with Gasteiger partial charge in [-0.25, -0.2) is 4.98 Å². The normalized spacial score (nSPS) is 10.4. The summed E-state index contributed by atoms with van der Waals surface area (Å²) in [5.41, 5.74) is 0.875. The molecule has 0 fully saturated rings.